The summed E-state index contributed by atoms with van der Waals surface area (Å²) >= 11 is 0. The number of rotatable bonds is 7. The molecule has 0 saturated carbocycles. The highest BCUT2D eigenvalue weighted by Gasteiger charge is 2.19. The number of hydrogen-bond acceptors (Lipinski definition) is 2. The highest BCUT2D eigenvalue weighted by Crippen LogP contribution is 2.29. The van der Waals surface area contributed by atoms with Gasteiger partial charge in [0.1, 0.15) is 5.78 Å². The molecule has 0 aliphatic carbocycles. The Bertz CT molecular complexity index is 577. The summed E-state index contributed by atoms with van der Waals surface area (Å²) in [5, 5.41) is 3.39. The third-order valence-electron chi connectivity index (χ3n) is 5.13. The second kappa shape index (κ2) is 8.79. The maximum absolute atomic E-state index is 12.6. The van der Waals surface area contributed by atoms with Crippen molar-refractivity contribution in [2.24, 2.45) is 5.92 Å². The molecule has 0 unspecified atom stereocenters. The SMILES string of the molecule is O=C(CCC1CCNCC1)CC(c1ccccc1)c1ccccc1. The Morgan fingerprint density at radius 3 is 2.00 bits per heavy atom. The Kier molecular flexibility index (Phi) is 6.20. The normalized spacial score (nSPS) is 15.5. The van der Waals surface area contributed by atoms with Crippen LogP contribution in [0.4, 0.5) is 0 Å². The minimum atomic E-state index is 0.174. The standard InChI is InChI=1S/C22H27NO/c24-21(12-11-18-13-15-23-16-14-18)17-22(19-7-3-1-4-8-19)20-9-5-2-6-10-20/h1-10,18,22-23H,11-17H2. The Labute approximate surface area is 145 Å². The van der Waals surface area contributed by atoms with E-state index in [9.17, 15) is 4.79 Å². The van der Waals surface area contributed by atoms with Gasteiger partial charge in [0.15, 0.2) is 0 Å². The van der Waals surface area contributed by atoms with Gasteiger partial charge in [-0.2, -0.15) is 0 Å². The van der Waals surface area contributed by atoms with Crippen molar-refractivity contribution >= 4 is 5.78 Å². The summed E-state index contributed by atoms with van der Waals surface area (Å²) in [5.74, 6) is 1.29. The topological polar surface area (TPSA) is 29.1 Å². The summed E-state index contributed by atoms with van der Waals surface area (Å²) in [4.78, 5) is 12.6. The summed E-state index contributed by atoms with van der Waals surface area (Å²) < 4.78 is 0. The number of benzene rings is 2. The number of piperidine rings is 1. The first-order chi connectivity index (χ1) is 11.8. The Balaban J connectivity index is 1.64. The second-order valence-electron chi connectivity index (χ2n) is 6.85. The molecule has 0 aromatic heterocycles. The van der Waals surface area contributed by atoms with Gasteiger partial charge >= 0.3 is 0 Å². The van der Waals surface area contributed by atoms with E-state index in [1.165, 1.54) is 24.0 Å². The van der Waals surface area contributed by atoms with Crippen molar-refractivity contribution in [3.05, 3.63) is 71.8 Å². The van der Waals surface area contributed by atoms with E-state index in [-0.39, 0.29) is 5.92 Å². The van der Waals surface area contributed by atoms with E-state index < -0.39 is 0 Å². The van der Waals surface area contributed by atoms with Crippen LogP contribution in [-0.4, -0.2) is 18.9 Å². The fourth-order valence-corrected chi connectivity index (χ4v) is 3.66. The van der Waals surface area contributed by atoms with Crippen molar-refractivity contribution in [2.75, 3.05) is 13.1 Å². The van der Waals surface area contributed by atoms with Gasteiger partial charge < -0.3 is 5.32 Å². The van der Waals surface area contributed by atoms with E-state index in [1.54, 1.807) is 0 Å². The van der Waals surface area contributed by atoms with Gasteiger partial charge in [0.25, 0.3) is 0 Å². The predicted molar refractivity (Wildman–Crippen MR) is 99.2 cm³/mol. The third kappa shape index (κ3) is 4.78. The summed E-state index contributed by atoms with van der Waals surface area (Å²) in [6.07, 6.45) is 4.82. The average Bonchev–Trinajstić information content (AvgIpc) is 2.67. The van der Waals surface area contributed by atoms with Crippen LogP contribution in [0.3, 0.4) is 0 Å². The number of nitrogens with one attached hydrogen (secondary N) is 1. The van der Waals surface area contributed by atoms with Gasteiger partial charge in [-0.25, -0.2) is 0 Å². The number of carbonyl (C=O) groups is 1. The van der Waals surface area contributed by atoms with Gasteiger partial charge in [0.2, 0.25) is 0 Å². The second-order valence-corrected chi connectivity index (χ2v) is 6.85. The molecule has 0 radical (unpaired) electrons. The molecule has 2 heteroatoms. The van der Waals surface area contributed by atoms with Crippen LogP contribution in [-0.2, 0) is 4.79 Å². The molecule has 2 nitrogen and oxygen atoms in total. The van der Waals surface area contributed by atoms with Crippen molar-refractivity contribution in [3.63, 3.8) is 0 Å². The molecule has 3 rings (SSSR count). The van der Waals surface area contributed by atoms with E-state index >= 15 is 0 Å². The van der Waals surface area contributed by atoms with Crippen molar-refractivity contribution < 1.29 is 4.79 Å². The van der Waals surface area contributed by atoms with Crippen LogP contribution in [0.25, 0.3) is 0 Å². The van der Waals surface area contributed by atoms with Gasteiger partial charge in [-0.05, 0) is 49.4 Å². The van der Waals surface area contributed by atoms with Crippen LogP contribution in [0.1, 0.15) is 49.1 Å². The maximum atomic E-state index is 12.6. The molecule has 2 aromatic rings. The molecule has 24 heavy (non-hydrogen) atoms. The van der Waals surface area contributed by atoms with Crippen LogP contribution >= 0.6 is 0 Å². The minimum Gasteiger partial charge on any atom is -0.317 e. The van der Waals surface area contributed by atoms with E-state index in [0.29, 0.717) is 12.2 Å². The number of hydrogen-bond donors (Lipinski definition) is 1. The van der Waals surface area contributed by atoms with Gasteiger partial charge in [-0.1, -0.05) is 60.7 Å². The average molecular weight is 321 g/mol. The Morgan fingerprint density at radius 2 is 1.46 bits per heavy atom. The lowest BCUT2D eigenvalue weighted by atomic mass is 9.85. The molecule has 0 atom stereocenters. The van der Waals surface area contributed by atoms with Crippen molar-refractivity contribution in [2.45, 2.75) is 38.0 Å². The molecule has 1 aliphatic rings. The lowest BCUT2D eigenvalue weighted by Gasteiger charge is -2.23. The number of carbonyl (C=O) groups excluding carboxylic acids is 1. The number of ketones is 1. The molecular weight excluding hydrogens is 294 g/mol. The molecule has 2 aromatic carbocycles. The molecule has 1 fully saturated rings. The fraction of sp³-hybridized carbons (Fsp3) is 0.409. The van der Waals surface area contributed by atoms with E-state index in [4.69, 9.17) is 0 Å². The van der Waals surface area contributed by atoms with E-state index in [0.717, 1.165) is 31.8 Å². The third-order valence-corrected chi connectivity index (χ3v) is 5.13. The molecule has 126 valence electrons. The summed E-state index contributed by atoms with van der Waals surface area (Å²) in [6.45, 7) is 2.21. The van der Waals surface area contributed by atoms with Gasteiger partial charge in [-0.3, -0.25) is 4.79 Å². The van der Waals surface area contributed by atoms with Crippen molar-refractivity contribution in [1.29, 1.82) is 0 Å². The zero-order valence-electron chi connectivity index (χ0n) is 14.3. The number of Topliss-reactive ketones (excluding diaryl/α,β-unsaturated/α-hetero) is 1. The Morgan fingerprint density at radius 1 is 0.917 bits per heavy atom. The molecule has 0 spiro atoms. The molecule has 0 amide bonds. The highest BCUT2D eigenvalue weighted by atomic mass is 16.1. The first-order valence-corrected chi connectivity index (χ1v) is 9.15. The summed E-state index contributed by atoms with van der Waals surface area (Å²) in [6, 6.07) is 20.9. The zero-order valence-corrected chi connectivity index (χ0v) is 14.3. The fourth-order valence-electron chi connectivity index (χ4n) is 3.66. The first kappa shape index (κ1) is 16.9. The molecular formula is C22H27NO. The minimum absolute atomic E-state index is 0.174. The van der Waals surface area contributed by atoms with E-state index in [2.05, 4.69) is 53.8 Å². The smallest absolute Gasteiger partial charge is 0.133 e. The lowest BCUT2D eigenvalue weighted by Crippen LogP contribution is -2.28. The van der Waals surface area contributed by atoms with Crippen molar-refractivity contribution in [1.82, 2.24) is 5.32 Å². The van der Waals surface area contributed by atoms with Crippen LogP contribution in [0, 0.1) is 5.92 Å². The molecule has 1 N–H and O–H groups in total. The molecule has 1 aliphatic heterocycles. The van der Waals surface area contributed by atoms with E-state index in [1.807, 2.05) is 12.1 Å². The first-order valence-electron chi connectivity index (χ1n) is 9.15. The molecule has 1 saturated heterocycles. The van der Waals surface area contributed by atoms with Crippen LogP contribution < -0.4 is 5.32 Å². The molecule has 1 heterocycles. The monoisotopic (exact) mass is 321 g/mol. The van der Waals surface area contributed by atoms with Crippen LogP contribution in [0.2, 0.25) is 0 Å². The lowest BCUT2D eigenvalue weighted by molar-refractivity contribution is -0.119. The summed E-state index contributed by atoms with van der Waals surface area (Å²) in [5.41, 5.74) is 2.47. The van der Waals surface area contributed by atoms with Crippen LogP contribution in [0.15, 0.2) is 60.7 Å². The maximum Gasteiger partial charge on any atom is 0.133 e. The van der Waals surface area contributed by atoms with Gasteiger partial charge in [-0.15, -0.1) is 0 Å². The predicted octanol–water partition coefficient (Wildman–Crippen LogP) is 4.56. The summed E-state index contributed by atoms with van der Waals surface area (Å²) in [7, 11) is 0. The van der Waals surface area contributed by atoms with Crippen molar-refractivity contribution in [3.8, 4) is 0 Å². The quantitative estimate of drug-likeness (QED) is 0.810. The van der Waals surface area contributed by atoms with Gasteiger partial charge in [0.05, 0.1) is 0 Å². The Hall–Kier alpha value is -1.93. The highest BCUT2D eigenvalue weighted by molar-refractivity contribution is 5.79. The van der Waals surface area contributed by atoms with Gasteiger partial charge in [0, 0.05) is 18.8 Å². The zero-order chi connectivity index (χ0) is 16.6. The van der Waals surface area contributed by atoms with Crippen LogP contribution in [0.5, 0.6) is 0 Å². The molecule has 0 bridgehead atoms. The largest absolute Gasteiger partial charge is 0.317 e.